The number of hydrogen-bond acceptors (Lipinski definition) is 2. The molecule has 0 aliphatic carbocycles. The predicted molar refractivity (Wildman–Crippen MR) is 58.9 cm³/mol. The van der Waals surface area contributed by atoms with Gasteiger partial charge >= 0.3 is 0 Å². The van der Waals surface area contributed by atoms with Gasteiger partial charge in [-0.15, -0.1) is 0 Å². The van der Waals surface area contributed by atoms with Gasteiger partial charge in [-0.1, -0.05) is 0 Å². The molecule has 0 heterocycles. The second kappa shape index (κ2) is 8.76. The lowest BCUT2D eigenvalue weighted by Gasteiger charge is -1.33. The average Bonchev–Trinajstić information content (AvgIpc) is 1.81. The first kappa shape index (κ1) is 9.76. The molecule has 0 rings (SSSR count). The first-order chi connectivity index (χ1) is 3.91. The summed E-state index contributed by atoms with van der Waals surface area (Å²) < 4.78 is 0. The molecule has 8 heavy (non-hydrogen) atoms. The summed E-state index contributed by atoms with van der Waals surface area (Å²) in [5.41, 5.74) is 0. The molecule has 0 radical (unpaired) electrons. The topological polar surface area (TPSA) is 0 Å². The quantitative estimate of drug-likeness (QED) is 0.598. The van der Waals surface area contributed by atoms with E-state index in [2.05, 4.69) is 22.4 Å². The molecule has 0 unspecified atom stereocenters. The second-order valence-electron chi connectivity index (χ2n) is 0.408. The van der Waals surface area contributed by atoms with E-state index in [4.69, 9.17) is 0 Å². The van der Waals surface area contributed by atoms with Gasteiger partial charge in [-0.3, -0.25) is 0 Å². The Balaban J connectivity index is 5.06. The van der Waals surface area contributed by atoms with Crippen LogP contribution in [0.25, 0.3) is 0 Å². The van der Waals surface area contributed by atoms with Crippen molar-refractivity contribution < 1.29 is 0 Å². The van der Waals surface area contributed by atoms with Gasteiger partial charge in [-0.05, 0) is 0 Å². The Bertz CT molecular complexity index is 229. The maximum atomic E-state index is 4.60. The van der Waals surface area contributed by atoms with Crippen molar-refractivity contribution in [3.05, 3.63) is 0 Å². The highest BCUT2D eigenvalue weighted by molar-refractivity contribution is 8.70. The van der Waals surface area contributed by atoms with E-state index in [0.717, 1.165) is 0 Å². The van der Waals surface area contributed by atoms with Crippen LogP contribution in [0.2, 0.25) is 0 Å². The first-order valence-electron chi connectivity index (χ1n) is 1.17. The molecule has 0 amide bonds. The van der Waals surface area contributed by atoms with E-state index in [9.17, 15) is 0 Å². The van der Waals surface area contributed by atoms with Crippen molar-refractivity contribution in [2.75, 3.05) is 0 Å². The normalized spacial score (nSPS) is 6.50. The van der Waals surface area contributed by atoms with Gasteiger partial charge in [0.05, 0.1) is 0 Å². The Morgan fingerprint density at radius 2 is 1.00 bits per heavy atom. The fourth-order valence-electron chi connectivity index (χ4n) is 0.0454. The van der Waals surface area contributed by atoms with Crippen LogP contribution >= 0.6 is 0 Å². The summed E-state index contributed by atoms with van der Waals surface area (Å²) in [5.74, 6) is 0. The van der Waals surface area contributed by atoms with Crippen LogP contribution in [-0.4, -0.2) is 0 Å². The van der Waals surface area contributed by atoms with Crippen molar-refractivity contribution in [3.8, 4) is 0 Å². The van der Waals surface area contributed by atoms with E-state index in [-0.39, 0.29) is 0 Å². The molecule has 48 valence electrons. The highest BCUT2D eigenvalue weighted by Crippen LogP contribution is 1.33. The van der Waals surface area contributed by atoms with Crippen LogP contribution in [0.5, 0.6) is 0 Å². The molecule has 0 aliphatic heterocycles. The minimum atomic E-state index is 1.34. The van der Waals surface area contributed by atoms with E-state index in [0.29, 0.717) is 0 Å². The minimum Gasteiger partial charge on any atom is 0 e. The molecule has 8 heteroatoms. The summed E-state index contributed by atoms with van der Waals surface area (Å²) in [6.45, 7) is 0. The third-order valence-electron chi connectivity index (χ3n) is 0.139. The van der Waals surface area contributed by atoms with Gasteiger partial charge in [0.25, 0.3) is 0 Å². The minimum absolute atomic E-state index is 1.34. The standard InChI is InChI=1S/S8/c1-3-5-7-8-6-4-2. The van der Waals surface area contributed by atoms with Crippen LogP contribution in [0, 0.1) is 0 Å². The number of hydrogen-bond donors (Lipinski definition) is 0. The van der Waals surface area contributed by atoms with Gasteiger partial charge in [0.1, 0.15) is 0 Å². The van der Waals surface area contributed by atoms with Crippen LogP contribution in [0.1, 0.15) is 0 Å². The highest BCUT2D eigenvalue weighted by atomic mass is 33.4. The summed E-state index contributed by atoms with van der Waals surface area (Å²) in [6.07, 6.45) is 0. The Kier molecular flexibility index (Phi) is 10.7. The lowest BCUT2D eigenvalue weighted by atomic mass is 30.7. The predicted octanol–water partition coefficient (Wildman–Crippen LogP) is -0.0192. The highest BCUT2D eigenvalue weighted by Gasteiger charge is 1.33. The Hall–Kier alpha value is 1.76. The SMILES string of the molecule is S=S=S=S=S=S=S=S. The smallest absolute Gasteiger partial charge is 0 e. The van der Waals surface area contributed by atoms with Crippen LogP contribution in [0.15, 0.2) is 0 Å². The molecule has 0 N–H and O–H groups in total. The molecule has 0 aromatic carbocycles. The third kappa shape index (κ3) is 7.76. The molecule has 0 aliphatic rings. The van der Waals surface area contributed by atoms with Crippen molar-refractivity contribution in [1.82, 2.24) is 0 Å². The fraction of sp³-hybridized carbons (Fsp3) is 0. The fourth-order valence-corrected chi connectivity index (χ4v) is 11.0. The maximum absolute atomic E-state index is 4.60. The lowest BCUT2D eigenvalue weighted by Crippen LogP contribution is -1.33. The molecule has 0 fully saturated rings. The van der Waals surface area contributed by atoms with Gasteiger partial charge in [0.15, 0.2) is 0 Å². The van der Waals surface area contributed by atoms with Crippen LogP contribution in [0.4, 0.5) is 0 Å². The summed E-state index contributed by atoms with van der Waals surface area (Å²) in [6, 6.07) is 0. The molecule has 0 saturated heterocycles. The summed E-state index contributed by atoms with van der Waals surface area (Å²) in [5, 5.41) is 0. The Labute approximate surface area is 74.6 Å². The molecular weight excluding hydrogens is 257 g/mol. The Morgan fingerprint density at radius 1 is 0.625 bits per heavy atom. The van der Waals surface area contributed by atoms with E-state index < -0.39 is 0 Å². The zero-order chi connectivity index (χ0) is 6.24. The number of rotatable bonds is 0. The van der Waals surface area contributed by atoms with Crippen LogP contribution < -0.4 is 0 Å². The van der Waals surface area contributed by atoms with E-state index >= 15 is 0 Å². The van der Waals surface area contributed by atoms with E-state index in [1.807, 2.05) is 0 Å². The largest absolute Gasteiger partial charge is 0 e. The molecule has 0 aromatic heterocycles. The molecule has 0 bridgehead atoms. The van der Waals surface area contributed by atoms with Crippen molar-refractivity contribution in [2.24, 2.45) is 0 Å². The molecule has 0 nitrogen and oxygen atoms in total. The molecule has 0 spiro atoms. The monoisotopic (exact) mass is 256 g/mol. The summed E-state index contributed by atoms with van der Waals surface area (Å²) >= 11 is 9.21. The summed E-state index contributed by atoms with van der Waals surface area (Å²) in [4.78, 5) is 0. The van der Waals surface area contributed by atoms with Crippen molar-refractivity contribution >= 4 is 75.7 Å². The lowest BCUT2D eigenvalue weighted by molar-refractivity contribution is 6.04. The van der Waals surface area contributed by atoms with Gasteiger partial charge in [0, 0.05) is 75.7 Å². The van der Waals surface area contributed by atoms with Gasteiger partial charge in [-0.2, -0.15) is 0 Å². The Morgan fingerprint density at radius 3 is 1.25 bits per heavy atom. The van der Waals surface area contributed by atoms with Crippen molar-refractivity contribution in [1.29, 1.82) is 0 Å². The molecular formula is S8. The van der Waals surface area contributed by atoms with Gasteiger partial charge in [0.2, 0.25) is 0 Å². The third-order valence-corrected chi connectivity index (χ3v) is 11.2. The molecule has 0 saturated carbocycles. The maximum Gasteiger partial charge on any atom is 0 e. The van der Waals surface area contributed by atoms with Gasteiger partial charge < -0.3 is 0 Å². The first-order valence-corrected chi connectivity index (χ1v) is 10.5. The van der Waals surface area contributed by atoms with Crippen LogP contribution in [-0.2, 0) is 75.7 Å². The second-order valence-corrected chi connectivity index (χ2v) is 11.0. The van der Waals surface area contributed by atoms with Gasteiger partial charge in [-0.25, -0.2) is 0 Å². The average molecular weight is 257 g/mol. The van der Waals surface area contributed by atoms with E-state index in [1.165, 1.54) is 17.8 Å². The van der Waals surface area contributed by atoms with E-state index in [1.54, 1.807) is 35.5 Å². The zero-order valence-corrected chi connectivity index (χ0v) is 9.80. The zero-order valence-electron chi connectivity index (χ0n) is 3.27. The van der Waals surface area contributed by atoms with Crippen molar-refractivity contribution in [3.63, 3.8) is 0 Å². The molecule has 0 atom stereocenters. The summed E-state index contributed by atoms with van der Waals surface area (Å²) in [7, 11) is 9.12. The molecule has 0 aromatic rings. The van der Waals surface area contributed by atoms with Crippen LogP contribution in [0.3, 0.4) is 0 Å². The van der Waals surface area contributed by atoms with Crippen molar-refractivity contribution in [2.45, 2.75) is 0 Å².